The third-order valence-electron chi connectivity index (χ3n) is 1.50. The van der Waals surface area contributed by atoms with Gasteiger partial charge in [-0.15, -0.1) is 0 Å². The number of thioether (sulfide) groups is 1. The molecule has 1 atom stereocenters. The van der Waals surface area contributed by atoms with E-state index in [0.29, 0.717) is 0 Å². The van der Waals surface area contributed by atoms with Crippen LogP contribution in [0.3, 0.4) is 0 Å². The van der Waals surface area contributed by atoms with Gasteiger partial charge in [-0.1, -0.05) is 18.7 Å². The topological polar surface area (TPSA) is 46.2 Å². The summed E-state index contributed by atoms with van der Waals surface area (Å²) in [6.45, 7) is 1.95. The maximum absolute atomic E-state index is 9.31. The van der Waals surface area contributed by atoms with Crippen LogP contribution in [-0.2, 0) is 0 Å². The van der Waals surface area contributed by atoms with E-state index < -0.39 is 0 Å². The van der Waals surface area contributed by atoms with Gasteiger partial charge in [0.2, 0.25) is 0 Å². The Balaban J connectivity index is 2.58. The lowest BCUT2D eigenvalue weighted by molar-refractivity contribution is 0.259. The van der Waals surface area contributed by atoms with Gasteiger partial charge in [-0.2, -0.15) is 0 Å². The Morgan fingerprint density at radius 3 is 2.50 bits per heavy atom. The summed E-state index contributed by atoms with van der Waals surface area (Å²) in [5.41, 5.74) is 5.96. The zero-order valence-electron chi connectivity index (χ0n) is 7.03. The third kappa shape index (κ3) is 2.75. The molecule has 0 aromatic heterocycles. The first-order chi connectivity index (χ1) is 5.72. The van der Waals surface area contributed by atoms with Crippen molar-refractivity contribution in [1.29, 1.82) is 0 Å². The van der Waals surface area contributed by atoms with Crippen molar-refractivity contribution in [3.63, 3.8) is 0 Å². The van der Waals surface area contributed by atoms with Crippen LogP contribution in [0, 0.1) is 0 Å². The molecular weight excluding hydrogens is 170 g/mol. The van der Waals surface area contributed by atoms with E-state index in [1.54, 1.807) is 0 Å². The molecule has 12 heavy (non-hydrogen) atoms. The van der Waals surface area contributed by atoms with Crippen LogP contribution in [0.15, 0.2) is 29.2 Å². The van der Waals surface area contributed by atoms with Gasteiger partial charge in [0.25, 0.3) is 0 Å². The Bertz CT molecular complexity index is 235. The van der Waals surface area contributed by atoms with Crippen LogP contribution in [0.25, 0.3) is 0 Å². The summed E-state index contributed by atoms with van der Waals surface area (Å²) in [7, 11) is 0. The van der Waals surface area contributed by atoms with Crippen molar-refractivity contribution < 1.29 is 5.11 Å². The van der Waals surface area contributed by atoms with Crippen LogP contribution in [0.1, 0.15) is 13.3 Å². The van der Waals surface area contributed by atoms with E-state index in [1.165, 1.54) is 11.8 Å². The zero-order chi connectivity index (χ0) is 8.97. The van der Waals surface area contributed by atoms with Gasteiger partial charge in [0, 0.05) is 10.6 Å². The quantitative estimate of drug-likeness (QED) is 0.428. The number of rotatable bonds is 3. The summed E-state index contributed by atoms with van der Waals surface area (Å²) in [4.78, 5) is 1.05. The molecule has 1 aromatic rings. The molecule has 0 saturated heterocycles. The van der Waals surface area contributed by atoms with Crippen LogP contribution in [-0.4, -0.2) is 10.5 Å². The van der Waals surface area contributed by atoms with Crippen LogP contribution < -0.4 is 5.73 Å². The summed E-state index contributed by atoms with van der Waals surface area (Å²) < 4.78 is 0. The molecule has 66 valence electrons. The van der Waals surface area contributed by atoms with Crippen molar-refractivity contribution in [2.75, 3.05) is 5.73 Å². The normalized spacial score (nSPS) is 12.8. The molecule has 0 bridgehead atoms. The number of nitrogens with two attached hydrogens (primary N) is 1. The van der Waals surface area contributed by atoms with E-state index in [4.69, 9.17) is 5.73 Å². The first kappa shape index (κ1) is 9.42. The molecule has 3 heteroatoms. The van der Waals surface area contributed by atoms with E-state index in [1.807, 2.05) is 31.2 Å². The Labute approximate surface area is 76.8 Å². The van der Waals surface area contributed by atoms with E-state index in [9.17, 15) is 5.11 Å². The summed E-state index contributed by atoms with van der Waals surface area (Å²) in [5, 5.41) is 9.31. The van der Waals surface area contributed by atoms with Crippen molar-refractivity contribution in [2.24, 2.45) is 0 Å². The van der Waals surface area contributed by atoms with Crippen LogP contribution in [0.5, 0.6) is 0 Å². The monoisotopic (exact) mass is 183 g/mol. The molecule has 3 N–H and O–H groups in total. The maximum atomic E-state index is 9.31. The van der Waals surface area contributed by atoms with Gasteiger partial charge in [0.1, 0.15) is 5.44 Å². The maximum Gasteiger partial charge on any atom is 0.104 e. The highest BCUT2D eigenvalue weighted by Gasteiger charge is 2.01. The second kappa shape index (κ2) is 4.38. The lowest BCUT2D eigenvalue weighted by Crippen LogP contribution is -1.96. The molecule has 0 aliphatic rings. The average molecular weight is 183 g/mol. The molecule has 0 fully saturated rings. The number of benzene rings is 1. The van der Waals surface area contributed by atoms with E-state index >= 15 is 0 Å². The van der Waals surface area contributed by atoms with Crippen molar-refractivity contribution in [1.82, 2.24) is 0 Å². The standard InChI is InChI=1S/C9H13NOS/c1-2-9(11)12-8-5-3-7(10)4-6-8/h3-6,9,11H,2,10H2,1H3. The summed E-state index contributed by atoms with van der Waals surface area (Å²) >= 11 is 1.45. The summed E-state index contributed by atoms with van der Waals surface area (Å²) in [6, 6.07) is 7.51. The third-order valence-corrected chi connectivity index (χ3v) is 2.65. The minimum absolute atomic E-state index is 0.311. The zero-order valence-corrected chi connectivity index (χ0v) is 7.84. The van der Waals surface area contributed by atoms with E-state index in [0.717, 1.165) is 17.0 Å². The second-order valence-corrected chi connectivity index (χ2v) is 3.80. The van der Waals surface area contributed by atoms with E-state index in [-0.39, 0.29) is 5.44 Å². The number of hydrogen-bond acceptors (Lipinski definition) is 3. The minimum atomic E-state index is -0.311. The molecule has 0 amide bonds. The molecule has 0 saturated carbocycles. The van der Waals surface area contributed by atoms with Crippen molar-refractivity contribution in [3.05, 3.63) is 24.3 Å². The Kier molecular flexibility index (Phi) is 3.44. The first-order valence-corrected chi connectivity index (χ1v) is 4.80. The molecule has 0 radical (unpaired) electrons. The van der Waals surface area contributed by atoms with Crippen molar-refractivity contribution in [2.45, 2.75) is 23.7 Å². The van der Waals surface area contributed by atoms with Crippen molar-refractivity contribution >= 4 is 17.4 Å². The van der Waals surface area contributed by atoms with Crippen LogP contribution in [0.2, 0.25) is 0 Å². The smallest absolute Gasteiger partial charge is 0.104 e. The minimum Gasteiger partial charge on any atom is -0.399 e. The number of hydrogen-bond donors (Lipinski definition) is 2. The largest absolute Gasteiger partial charge is 0.399 e. The van der Waals surface area contributed by atoms with Gasteiger partial charge < -0.3 is 10.8 Å². The van der Waals surface area contributed by atoms with Gasteiger partial charge in [0.15, 0.2) is 0 Å². The molecule has 0 spiro atoms. The number of aliphatic hydroxyl groups excluding tert-OH is 1. The molecule has 0 aliphatic carbocycles. The first-order valence-electron chi connectivity index (χ1n) is 3.92. The highest BCUT2D eigenvalue weighted by atomic mass is 32.2. The number of aliphatic hydroxyl groups is 1. The molecule has 1 unspecified atom stereocenters. The fourth-order valence-electron chi connectivity index (χ4n) is 0.787. The predicted molar refractivity (Wildman–Crippen MR) is 53.0 cm³/mol. The highest BCUT2D eigenvalue weighted by molar-refractivity contribution is 7.99. The fraction of sp³-hybridized carbons (Fsp3) is 0.333. The van der Waals surface area contributed by atoms with Gasteiger partial charge in [-0.3, -0.25) is 0 Å². The lowest BCUT2D eigenvalue weighted by Gasteiger charge is -2.06. The molecular formula is C9H13NOS. The van der Waals surface area contributed by atoms with Gasteiger partial charge in [-0.05, 0) is 30.7 Å². The molecule has 1 aromatic carbocycles. The fourth-order valence-corrected chi connectivity index (χ4v) is 1.56. The summed E-state index contributed by atoms with van der Waals surface area (Å²) in [5.74, 6) is 0. The molecule has 2 nitrogen and oxygen atoms in total. The summed E-state index contributed by atoms with van der Waals surface area (Å²) in [6.07, 6.45) is 0.759. The number of anilines is 1. The van der Waals surface area contributed by atoms with Crippen LogP contribution in [0.4, 0.5) is 5.69 Å². The van der Waals surface area contributed by atoms with Crippen molar-refractivity contribution in [3.8, 4) is 0 Å². The Morgan fingerprint density at radius 2 is 2.00 bits per heavy atom. The van der Waals surface area contributed by atoms with Gasteiger partial charge in [0.05, 0.1) is 0 Å². The molecule has 0 heterocycles. The van der Waals surface area contributed by atoms with Gasteiger partial charge in [-0.25, -0.2) is 0 Å². The number of nitrogen functional groups attached to an aromatic ring is 1. The van der Waals surface area contributed by atoms with E-state index in [2.05, 4.69) is 0 Å². The average Bonchev–Trinajstić information content (AvgIpc) is 2.09. The van der Waals surface area contributed by atoms with Gasteiger partial charge >= 0.3 is 0 Å². The lowest BCUT2D eigenvalue weighted by atomic mass is 10.3. The predicted octanol–water partition coefficient (Wildman–Crippen LogP) is 2.09. The SMILES string of the molecule is CCC(O)Sc1ccc(N)cc1. The highest BCUT2D eigenvalue weighted by Crippen LogP contribution is 2.23. The van der Waals surface area contributed by atoms with Crippen LogP contribution >= 0.6 is 11.8 Å². The second-order valence-electron chi connectivity index (χ2n) is 2.55. The Hall–Kier alpha value is -0.670. The molecule has 1 rings (SSSR count). The Morgan fingerprint density at radius 1 is 1.42 bits per heavy atom. The molecule has 0 aliphatic heterocycles.